The molecule has 0 saturated carbocycles. The smallest absolute Gasteiger partial charge is 0.216 e. The molecule has 0 spiro atoms. The molecule has 16 heavy (non-hydrogen) atoms. The van der Waals surface area contributed by atoms with Gasteiger partial charge in [-0.1, -0.05) is 29.7 Å². The number of hydroxylamine groups is 2. The molecule has 0 amide bonds. The molecule has 0 aromatic heterocycles. The minimum absolute atomic E-state index is 0.393. The average molecular weight is 215 g/mol. The zero-order valence-corrected chi connectivity index (χ0v) is 9.47. The number of nitrogens with zero attached hydrogens (tertiary/aromatic N) is 2. The SMILES string of the molecule is [B]c1cccc(C2(C)CN(OC)C(N)=N2)c1. The van der Waals surface area contributed by atoms with Gasteiger partial charge in [0.15, 0.2) is 0 Å². The van der Waals surface area contributed by atoms with Gasteiger partial charge in [0.1, 0.15) is 13.4 Å². The molecule has 0 bridgehead atoms. The molecule has 5 heteroatoms. The number of hydrogen-bond acceptors (Lipinski definition) is 4. The Hall–Kier alpha value is -1.49. The molecule has 0 fully saturated rings. The maximum atomic E-state index is 5.76. The summed E-state index contributed by atoms with van der Waals surface area (Å²) in [7, 11) is 7.34. The van der Waals surface area contributed by atoms with Gasteiger partial charge in [0.25, 0.3) is 0 Å². The van der Waals surface area contributed by atoms with Crippen LogP contribution in [0.1, 0.15) is 12.5 Å². The molecular weight excluding hydrogens is 201 g/mol. The van der Waals surface area contributed by atoms with E-state index in [9.17, 15) is 0 Å². The third kappa shape index (κ3) is 1.78. The number of benzene rings is 1. The Morgan fingerprint density at radius 3 is 2.88 bits per heavy atom. The van der Waals surface area contributed by atoms with E-state index in [0.29, 0.717) is 12.5 Å². The lowest BCUT2D eigenvalue weighted by Gasteiger charge is -2.23. The van der Waals surface area contributed by atoms with Gasteiger partial charge in [0.05, 0.1) is 13.7 Å². The van der Waals surface area contributed by atoms with Crippen molar-refractivity contribution in [2.24, 2.45) is 10.7 Å². The van der Waals surface area contributed by atoms with Gasteiger partial charge < -0.3 is 5.73 Å². The van der Waals surface area contributed by atoms with Crippen LogP contribution >= 0.6 is 0 Å². The monoisotopic (exact) mass is 215 g/mol. The van der Waals surface area contributed by atoms with E-state index in [1.807, 2.05) is 31.2 Å². The molecule has 1 aliphatic heterocycles. The second-order valence-electron chi connectivity index (χ2n) is 4.09. The van der Waals surface area contributed by atoms with Crippen molar-refractivity contribution in [3.05, 3.63) is 29.8 Å². The highest BCUT2D eigenvalue weighted by Crippen LogP contribution is 2.30. The average Bonchev–Trinajstić information content (AvgIpc) is 2.55. The molecule has 1 aromatic carbocycles. The molecule has 1 aliphatic rings. The van der Waals surface area contributed by atoms with Crippen molar-refractivity contribution in [1.82, 2.24) is 5.06 Å². The first-order chi connectivity index (χ1) is 7.55. The van der Waals surface area contributed by atoms with Gasteiger partial charge in [-0.3, -0.25) is 4.84 Å². The third-order valence-electron chi connectivity index (χ3n) is 2.80. The Labute approximate surface area is 96.5 Å². The lowest BCUT2D eigenvalue weighted by atomic mass is 9.87. The number of rotatable bonds is 2. The first kappa shape index (κ1) is 11.0. The van der Waals surface area contributed by atoms with Crippen LogP contribution in [0.2, 0.25) is 0 Å². The highest BCUT2D eigenvalue weighted by molar-refractivity contribution is 6.32. The Bertz CT molecular complexity index is 435. The number of guanidine groups is 1. The Morgan fingerprint density at radius 2 is 2.31 bits per heavy atom. The van der Waals surface area contributed by atoms with Crippen LogP contribution in [0, 0.1) is 0 Å². The van der Waals surface area contributed by atoms with Crippen molar-refractivity contribution < 1.29 is 4.84 Å². The van der Waals surface area contributed by atoms with E-state index in [0.717, 1.165) is 11.0 Å². The second kappa shape index (κ2) is 3.83. The van der Waals surface area contributed by atoms with Crippen LogP contribution in [-0.2, 0) is 10.4 Å². The first-order valence-electron chi connectivity index (χ1n) is 5.08. The van der Waals surface area contributed by atoms with Crippen molar-refractivity contribution in [1.29, 1.82) is 0 Å². The molecule has 82 valence electrons. The van der Waals surface area contributed by atoms with Crippen LogP contribution in [0.3, 0.4) is 0 Å². The standard InChI is InChI=1S/C11H14BN3O/c1-11(7-15(16-2)10(13)14-11)8-4-3-5-9(12)6-8/h3-6H,7H2,1-2H3,(H2,13,14). The Morgan fingerprint density at radius 1 is 1.56 bits per heavy atom. The largest absolute Gasteiger partial charge is 0.368 e. The van der Waals surface area contributed by atoms with Gasteiger partial charge in [-0.15, -0.1) is 0 Å². The fourth-order valence-electron chi connectivity index (χ4n) is 1.89. The van der Waals surface area contributed by atoms with Crippen LogP contribution in [0.5, 0.6) is 0 Å². The van der Waals surface area contributed by atoms with E-state index < -0.39 is 5.54 Å². The van der Waals surface area contributed by atoms with Gasteiger partial charge in [0, 0.05) is 0 Å². The first-order valence-corrected chi connectivity index (χ1v) is 5.08. The lowest BCUT2D eigenvalue weighted by molar-refractivity contribution is -0.0664. The Balaban J connectivity index is 2.35. The van der Waals surface area contributed by atoms with Crippen molar-refractivity contribution in [2.45, 2.75) is 12.5 Å². The minimum atomic E-state index is -0.393. The highest BCUT2D eigenvalue weighted by Gasteiger charge is 2.36. The summed E-state index contributed by atoms with van der Waals surface area (Å²) in [5.74, 6) is 0.396. The number of nitrogens with two attached hydrogens (primary N) is 1. The molecule has 0 saturated heterocycles. The van der Waals surface area contributed by atoms with Crippen molar-refractivity contribution in [3.8, 4) is 0 Å². The molecule has 2 rings (SSSR count). The lowest BCUT2D eigenvalue weighted by Crippen LogP contribution is -2.35. The summed E-state index contributed by atoms with van der Waals surface area (Å²) in [5.41, 5.74) is 7.13. The molecule has 0 aliphatic carbocycles. The van der Waals surface area contributed by atoms with E-state index >= 15 is 0 Å². The van der Waals surface area contributed by atoms with Crippen LogP contribution in [0.4, 0.5) is 0 Å². The zero-order chi connectivity index (χ0) is 11.8. The van der Waals surface area contributed by atoms with Crippen molar-refractivity contribution in [3.63, 3.8) is 0 Å². The Kier molecular flexibility index (Phi) is 2.64. The van der Waals surface area contributed by atoms with E-state index in [-0.39, 0.29) is 0 Å². The molecule has 1 atom stereocenters. The normalized spacial score (nSPS) is 24.6. The summed E-state index contributed by atoms with van der Waals surface area (Å²) >= 11 is 0. The minimum Gasteiger partial charge on any atom is -0.368 e. The van der Waals surface area contributed by atoms with Gasteiger partial charge in [-0.2, -0.15) is 0 Å². The molecule has 1 heterocycles. The summed E-state index contributed by atoms with van der Waals surface area (Å²) in [5, 5.41) is 1.57. The predicted octanol–water partition coefficient (Wildman–Crippen LogP) is -0.113. The number of aliphatic imine (C=N–C) groups is 1. The molecular formula is C11H14BN3O. The fraction of sp³-hybridized carbons (Fsp3) is 0.364. The predicted molar refractivity (Wildman–Crippen MR) is 64.5 cm³/mol. The van der Waals surface area contributed by atoms with Crippen LogP contribution < -0.4 is 11.2 Å². The molecule has 2 radical (unpaired) electrons. The van der Waals surface area contributed by atoms with Crippen molar-refractivity contribution >= 4 is 19.3 Å². The van der Waals surface area contributed by atoms with Crippen LogP contribution in [-0.4, -0.2) is 32.5 Å². The maximum Gasteiger partial charge on any atom is 0.216 e. The summed E-state index contributed by atoms with van der Waals surface area (Å²) in [6, 6.07) is 7.67. The van der Waals surface area contributed by atoms with Gasteiger partial charge in [-0.25, -0.2) is 10.1 Å². The molecule has 1 unspecified atom stereocenters. The summed E-state index contributed by atoms with van der Waals surface area (Å²) < 4.78 is 0. The topological polar surface area (TPSA) is 50.9 Å². The highest BCUT2D eigenvalue weighted by atomic mass is 16.7. The molecule has 2 N–H and O–H groups in total. The van der Waals surface area contributed by atoms with Crippen LogP contribution in [0.25, 0.3) is 0 Å². The number of hydrogen-bond donors (Lipinski definition) is 1. The summed E-state index contributed by atoms with van der Waals surface area (Å²) in [4.78, 5) is 9.54. The van der Waals surface area contributed by atoms with E-state index in [4.69, 9.17) is 18.4 Å². The summed E-state index contributed by atoms with van der Waals surface area (Å²) in [6.45, 7) is 2.60. The zero-order valence-electron chi connectivity index (χ0n) is 9.47. The van der Waals surface area contributed by atoms with E-state index in [2.05, 4.69) is 4.99 Å². The molecule has 4 nitrogen and oxygen atoms in total. The van der Waals surface area contributed by atoms with E-state index in [1.54, 1.807) is 12.2 Å². The second-order valence-corrected chi connectivity index (χ2v) is 4.09. The van der Waals surface area contributed by atoms with Gasteiger partial charge >= 0.3 is 0 Å². The van der Waals surface area contributed by atoms with Gasteiger partial charge in [0.2, 0.25) is 5.96 Å². The van der Waals surface area contributed by atoms with Gasteiger partial charge in [-0.05, 0) is 12.5 Å². The maximum absolute atomic E-state index is 5.76. The fourth-order valence-corrected chi connectivity index (χ4v) is 1.89. The van der Waals surface area contributed by atoms with E-state index in [1.165, 1.54) is 0 Å². The van der Waals surface area contributed by atoms with Crippen LogP contribution in [0.15, 0.2) is 29.3 Å². The molecule has 1 aromatic rings. The quantitative estimate of drug-likeness (QED) is 0.700. The third-order valence-corrected chi connectivity index (χ3v) is 2.80. The summed E-state index contributed by atoms with van der Waals surface area (Å²) in [6.07, 6.45) is 0. The van der Waals surface area contributed by atoms with Crippen molar-refractivity contribution in [2.75, 3.05) is 13.7 Å².